The van der Waals surface area contributed by atoms with Crippen LogP contribution in [0, 0.1) is 0 Å². The zero-order valence-electron chi connectivity index (χ0n) is 12.6. The van der Waals surface area contributed by atoms with Crippen LogP contribution in [-0.2, 0) is 13.0 Å². The predicted molar refractivity (Wildman–Crippen MR) is 95.0 cm³/mol. The lowest BCUT2D eigenvalue weighted by atomic mass is 10.1. The number of thiophene rings is 2. The number of nitrogens with zero attached hydrogens (tertiary/aromatic N) is 2. The Morgan fingerprint density at radius 2 is 2.27 bits per heavy atom. The van der Waals surface area contributed by atoms with Gasteiger partial charge < -0.3 is 5.32 Å². The first kappa shape index (κ1) is 14.2. The summed E-state index contributed by atoms with van der Waals surface area (Å²) in [5.41, 5.74) is 3.77. The number of hydrogen-bond acceptors (Lipinski definition) is 5. The number of anilines is 1. The lowest BCUT2D eigenvalue weighted by Gasteiger charge is -2.05. The number of aryl methyl sites for hydroxylation is 1. The molecule has 3 nitrogen and oxygen atoms in total. The topological polar surface area (TPSA) is 37.8 Å². The molecule has 0 spiro atoms. The quantitative estimate of drug-likeness (QED) is 0.676. The van der Waals surface area contributed by atoms with E-state index in [-0.39, 0.29) is 0 Å². The standard InChI is InChI=1S/C17H19N3S2/c1-2-4-14-15(11-6-7-11)16-17(22-14)13(10-19-20-16)18-9-12-5-3-8-21-12/h3,5,8,10-11H,2,4,6-7,9H2,1H3,(H,18,20). The molecule has 0 aromatic carbocycles. The van der Waals surface area contributed by atoms with Crippen molar-refractivity contribution in [1.29, 1.82) is 0 Å². The maximum absolute atomic E-state index is 4.47. The molecule has 0 unspecified atom stereocenters. The number of rotatable bonds is 6. The van der Waals surface area contributed by atoms with Crippen molar-refractivity contribution in [1.82, 2.24) is 10.2 Å². The molecular formula is C17H19N3S2. The molecule has 0 radical (unpaired) electrons. The molecular weight excluding hydrogens is 310 g/mol. The fourth-order valence-corrected chi connectivity index (χ4v) is 4.95. The highest BCUT2D eigenvalue weighted by Gasteiger charge is 2.30. The molecule has 0 atom stereocenters. The molecule has 22 heavy (non-hydrogen) atoms. The molecule has 114 valence electrons. The Balaban J connectivity index is 1.71. The van der Waals surface area contributed by atoms with Crippen molar-refractivity contribution in [2.75, 3.05) is 5.32 Å². The molecule has 3 aromatic rings. The normalized spacial score (nSPS) is 14.6. The number of nitrogens with one attached hydrogen (secondary N) is 1. The van der Waals surface area contributed by atoms with Gasteiger partial charge in [-0.25, -0.2) is 0 Å². The van der Waals surface area contributed by atoms with E-state index in [2.05, 4.69) is 40.0 Å². The summed E-state index contributed by atoms with van der Waals surface area (Å²) in [5.74, 6) is 0.733. The van der Waals surface area contributed by atoms with Gasteiger partial charge in [-0.05, 0) is 42.2 Å². The third-order valence-electron chi connectivity index (χ3n) is 4.08. The van der Waals surface area contributed by atoms with Crippen molar-refractivity contribution in [3.63, 3.8) is 0 Å². The largest absolute Gasteiger partial charge is 0.378 e. The number of fused-ring (bicyclic) bond motifs is 1. The van der Waals surface area contributed by atoms with E-state index in [1.165, 1.54) is 39.3 Å². The zero-order valence-corrected chi connectivity index (χ0v) is 14.3. The Kier molecular flexibility index (Phi) is 3.84. The van der Waals surface area contributed by atoms with Gasteiger partial charge in [0.05, 0.1) is 16.6 Å². The molecule has 1 saturated carbocycles. The lowest BCUT2D eigenvalue weighted by molar-refractivity contribution is 0.918. The summed E-state index contributed by atoms with van der Waals surface area (Å²) in [4.78, 5) is 2.87. The number of hydrogen-bond donors (Lipinski definition) is 1. The fraction of sp³-hybridized carbons (Fsp3) is 0.412. The summed E-state index contributed by atoms with van der Waals surface area (Å²) in [6, 6.07) is 4.26. The maximum atomic E-state index is 4.47. The monoisotopic (exact) mass is 329 g/mol. The second kappa shape index (κ2) is 5.97. The van der Waals surface area contributed by atoms with Crippen molar-refractivity contribution < 1.29 is 0 Å². The van der Waals surface area contributed by atoms with Gasteiger partial charge in [0.15, 0.2) is 0 Å². The molecule has 0 aliphatic heterocycles. The Morgan fingerprint density at radius 1 is 1.36 bits per heavy atom. The maximum Gasteiger partial charge on any atom is 0.110 e. The van der Waals surface area contributed by atoms with Crippen molar-refractivity contribution in [2.24, 2.45) is 0 Å². The second-order valence-corrected chi connectivity index (χ2v) is 7.97. The zero-order chi connectivity index (χ0) is 14.9. The van der Waals surface area contributed by atoms with Crippen molar-refractivity contribution in [2.45, 2.75) is 45.1 Å². The molecule has 3 aromatic heterocycles. The minimum atomic E-state index is 0.733. The van der Waals surface area contributed by atoms with Gasteiger partial charge in [-0.1, -0.05) is 19.4 Å². The Labute approximate surface area is 138 Å². The average Bonchev–Trinajstić information content (AvgIpc) is 3.10. The summed E-state index contributed by atoms with van der Waals surface area (Å²) in [6.45, 7) is 3.11. The van der Waals surface area contributed by atoms with E-state index in [1.54, 1.807) is 11.3 Å². The molecule has 3 heterocycles. The van der Waals surface area contributed by atoms with Crippen molar-refractivity contribution in [3.05, 3.63) is 39.0 Å². The first-order valence-corrected chi connectivity index (χ1v) is 9.59. The van der Waals surface area contributed by atoms with Crippen LogP contribution in [0.5, 0.6) is 0 Å². The molecule has 0 amide bonds. The van der Waals surface area contributed by atoms with Crippen LogP contribution >= 0.6 is 22.7 Å². The Hall–Kier alpha value is -1.46. The van der Waals surface area contributed by atoms with Crippen LogP contribution in [-0.4, -0.2) is 10.2 Å². The Bertz CT molecular complexity index is 773. The van der Waals surface area contributed by atoms with Crippen LogP contribution in [0.15, 0.2) is 23.7 Å². The molecule has 5 heteroatoms. The predicted octanol–water partition coefficient (Wildman–Crippen LogP) is 5.19. The van der Waals surface area contributed by atoms with E-state index in [0.29, 0.717) is 0 Å². The van der Waals surface area contributed by atoms with Gasteiger partial charge in [0.25, 0.3) is 0 Å². The van der Waals surface area contributed by atoms with Crippen LogP contribution in [0.2, 0.25) is 0 Å². The summed E-state index contributed by atoms with van der Waals surface area (Å²) < 4.78 is 1.29. The summed E-state index contributed by atoms with van der Waals surface area (Å²) in [6.07, 6.45) is 6.86. The van der Waals surface area contributed by atoms with E-state index in [1.807, 2.05) is 17.5 Å². The SMILES string of the molecule is CCCc1sc2c(NCc3cccs3)cnnc2c1C1CC1. The van der Waals surface area contributed by atoms with Gasteiger partial charge in [0.1, 0.15) is 5.52 Å². The van der Waals surface area contributed by atoms with E-state index in [9.17, 15) is 0 Å². The highest BCUT2D eigenvalue weighted by Crippen LogP contribution is 2.48. The van der Waals surface area contributed by atoms with E-state index in [0.717, 1.165) is 30.1 Å². The third-order valence-corrected chi connectivity index (χ3v) is 6.25. The van der Waals surface area contributed by atoms with Crippen LogP contribution in [0.1, 0.15) is 47.4 Å². The minimum Gasteiger partial charge on any atom is -0.378 e. The first-order valence-electron chi connectivity index (χ1n) is 7.90. The number of aromatic nitrogens is 2. The first-order chi connectivity index (χ1) is 10.9. The van der Waals surface area contributed by atoms with Crippen LogP contribution in [0.3, 0.4) is 0 Å². The van der Waals surface area contributed by atoms with Crippen LogP contribution < -0.4 is 5.32 Å². The van der Waals surface area contributed by atoms with Gasteiger partial charge in [-0.15, -0.1) is 27.8 Å². The summed E-state index contributed by atoms with van der Waals surface area (Å²) in [7, 11) is 0. The lowest BCUT2D eigenvalue weighted by Crippen LogP contribution is -1.99. The molecule has 0 saturated heterocycles. The smallest absolute Gasteiger partial charge is 0.110 e. The second-order valence-electron chi connectivity index (χ2n) is 5.83. The van der Waals surface area contributed by atoms with Crippen molar-refractivity contribution >= 4 is 38.6 Å². The van der Waals surface area contributed by atoms with E-state index in [4.69, 9.17) is 0 Å². The highest BCUT2D eigenvalue weighted by molar-refractivity contribution is 7.19. The summed E-state index contributed by atoms with van der Waals surface area (Å²) >= 11 is 3.70. The molecule has 4 rings (SSSR count). The van der Waals surface area contributed by atoms with E-state index < -0.39 is 0 Å². The van der Waals surface area contributed by atoms with Crippen LogP contribution in [0.4, 0.5) is 5.69 Å². The van der Waals surface area contributed by atoms with Gasteiger partial charge >= 0.3 is 0 Å². The molecule has 1 aliphatic carbocycles. The average molecular weight is 329 g/mol. The molecule has 0 bridgehead atoms. The van der Waals surface area contributed by atoms with Crippen molar-refractivity contribution in [3.8, 4) is 0 Å². The molecule has 1 fully saturated rings. The van der Waals surface area contributed by atoms with Crippen LogP contribution in [0.25, 0.3) is 10.2 Å². The minimum absolute atomic E-state index is 0.733. The highest BCUT2D eigenvalue weighted by atomic mass is 32.1. The molecule has 1 N–H and O–H groups in total. The van der Waals surface area contributed by atoms with Gasteiger partial charge in [-0.3, -0.25) is 0 Å². The third kappa shape index (κ3) is 2.63. The van der Waals surface area contributed by atoms with Gasteiger partial charge in [-0.2, -0.15) is 5.10 Å². The van der Waals surface area contributed by atoms with Gasteiger partial charge in [0, 0.05) is 16.3 Å². The van der Waals surface area contributed by atoms with E-state index >= 15 is 0 Å². The Morgan fingerprint density at radius 3 is 3.00 bits per heavy atom. The molecule has 1 aliphatic rings. The fourth-order valence-electron chi connectivity index (χ4n) is 2.89. The van der Waals surface area contributed by atoms with Gasteiger partial charge in [0.2, 0.25) is 0 Å². The summed E-state index contributed by atoms with van der Waals surface area (Å²) in [5, 5.41) is 14.4.